The number of amides is 1. The van der Waals surface area contributed by atoms with Gasteiger partial charge in [-0.2, -0.15) is 9.40 Å². The van der Waals surface area contributed by atoms with Crippen molar-refractivity contribution >= 4 is 54.2 Å². The van der Waals surface area contributed by atoms with Gasteiger partial charge in [0.15, 0.2) is 5.13 Å². The van der Waals surface area contributed by atoms with Crippen LogP contribution in [0.3, 0.4) is 0 Å². The van der Waals surface area contributed by atoms with Gasteiger partial charge in [-0.15, -0.1) is 0 Å². The number of nitrogens with zero attached hydrogens (tertiary/aromatic N) is 5. The molecule has 0 spiro atoms. The predicted molar refractivity (Wildman–Crippen MR) is 166 cm³/mol. The summed E-state index contributed by atoms with van der Waals surface area (Å²) in [4.78, 5) is 20.6. The Morgan fingerprint density at radius 3 is 2.41 bits per heavy atom. The van der Waals surface area contributed by atoms with Crippen LogP contribution in [0.1, 0.15) is 66.3 Å². The second-order valence-corrected chi connectivity index (χ2v) is 14.0. The zero-order valence-corrected chi connectivity index (χ0v) is 26.3. The summed E-state index contributed by atoms with van der Waals surface area (Å²) < 4.78 is 31.5. The van der Waals surface area contributed by atoms with Crippen molar-refractivity contribution in [3.05, 3.63) is 70.0 Å². The molecule has 1 aliphatic rings. The number of anilines is 1. The van der Waals surface area contributed by atoms with Crippen molar-refractivity contribution in [2.45, 2.75) is 77.3 Å². The molecule has 11 heteroatoms. The normalized spacial score (nSPS) is 14.7. The van der Waals surface area contributed by atoms with Gasteiger partial charge in [0.2, 0.25) is 10.0 Å². The third kappa shape index (κ3) is 6.07. The van der Waals surface area contributed by atoms with Crippen molar-refractivity contribution in [1.29, 1.82) is 0 Å². The summed E-state index contributed by atoms with van der Waals surface area (Å²) in [6, 6.07) is 12.1. The summed E-state index contributed by atoms with van der Waals surface area (Å²) >= 11 is 7.78. The number of carbonyl (C=O) groups excluding carboxylic acids is 1. The van der Waals surface area contributed by atoms with Crippen LogP contribution in [0.25, 0.3) is 10.2 Å². The topological polar surface area (TPSA) is 88.4 Å². The highest BCUT2D eigenvalue weighted by Crippen LogP contribution is 2.34. The van der Waals surface area contributed by atoms with Crippen LogP contribution in [0.15, 0.2) is 47.4 Å². The van der Waals surface area contributed by atoms with E-state index in [2.05, 4.69) is 5.10 Å². The molecule has 0 saturated heterocycles. The third-order valence-corrected chi connectivity index (χ3v) is 11.3. The fourth-order valence-electron chi connectivity index (χ4n) is 5.64. The predicted octanol–water partition coefficient (Wildman–Crippen LogP) is 6.76. The Hall–Kier alpha value is -2.79. The van der Waals surface area contributed by atoms with Crippen molar-refractivity contribution in [1.82, 2.24) is 19.1 Å². The van der Waals surface area contributed by atoms with E-state index in [4.69, 9.17) is 16.6 Å². The average Bonchev–Trinajstić information content (AvgIpc) is 3.54. The van der Waals surface area contributed by atoms with Gasteiger partial charge in [0.1, 0.15) is 0 Å². The van der Waals surface area contributed by atoms with Gasteiger partial charge in [0.25, 0.3) is 5.91 Å². The van der Waals surface area contributed by atoms with Crippen LogP contribution >= 0.6 is 22.9 Å². The van der Waals surface area contributed by atoms with Gasteiger partial charge >= 0.3 is 0 Å². The van der Waals surface area contributed by atoms with Crippen molar-refractivity contribution in [3.63, 3.8) is 0 Å². The van der Waals surface area contributed by atoms with Crippen LogP contribution in [0.4, 0.5) is 5.13 Å². The molecule has 1 aliphatic carbocycles. The molecular formula is C30H36ClN5O3S2. The first-order valence-electron chi connectivity index (χ1n) is 14.1. The largest absolute Gasteiger partial charge is 0.282 e. The molecule has 0 unspecified atom stereocenters. The number of benzene rings is 2. The molecule has 0 aliphatic heterocycles. The Bertz CT molecular complexity index is 1660. The summed E-state index contributed by atoms with van der Waals surface area (Å²) in [5.74, 6) is -0.252. The van der Waals surface area contributed by atoms with E-state index in [9.17, 15) is 13.2 Å². The second-order valence-electron chi connectivity index (χ2n) is 10.6. The lowest BCUT2D eigenvalue weighted by atomic mass is 9.95. The Morgan fingerprint density at radius 1 is 1.07 bits per heavy atom. The van der Waals surface area contributed by atoms with Crippen molar-refractivity contribution in [2.75, 3.05) is 18.0 Å². The summed E-state index contributed by atoms with van der Waals surface area (Å²) in [6.45, 7) is 8.99. The highest BCUT2D eigenvalue weighted by Gasteiger charge is 2.31. The highest BCUT2D eigenvalue weighted by molar-refractivity contribution is 7.89. The molecular weight excluding hydrogens is 578 g/mol. The van der Waals surface area contributed by atoms with E-state index in [1.54, 1.807) is 33.5 Å². The maximum atomic E-state index is 14.0. The first-order valence-corrected chi connectivity index (χ1v) is 16.7. The molecule has 2 aromatic heterocycles. The van der Waals surface area contributed by atoms with Gasteiger partial charge < -0.3 is 0 Å². The smallest absolute Gasteiger partial charge is 0.260 e. The quantitative estimate of drug-likeness (QED) is 0.208. The fourth-order valence-corrected chi connectivity index (χ4v) is 8.53. The van der Waals surface area contributed by atoms with Gasteiger partial charge in [0, 0.05) is 35.4 Å². The van der Waals surface area contributed by atoms with Crippen LogP contribution in [0.5, 0.6) is 0 Å². The maximum absolute atomic E-state index is 14.0. The van der Waals surface area contributed by atoms with Crippen LogP contribution in [0, 0.1) is 20.8 Å². The lowest BCUT2D eigenvalue weighted by Gasteiger charge is -2.32. The van der Waals surface area contributed by atoms with Gasteiger partial charge in [-0.3, -0.25) is 14.4 Å². The summed E-state index contributed by atoms with van der Waals surface area (Å²) in [6.07, 6.45) is 5.04. The lowest BCUT2D eigenvalue weighted by Crippen LogP contribution is -2.41. The Kier molecular flexibility index (Phi) is 8.84. The molecule has 8 nitrogen and oxygen atoms in total. The molecule has 0 atom stereocenters. The first kappa shape index (κ1) is 29.7. The molecule has 5 rings (SSSR count). The zero-order chi connectivity index (χ0) is 29.3. The Morgan fingerprint density at radius 2 is 1.78 bits per heavy atom. The van der Waals surface area contributed by atoms with E-state index in [-0.39, 0.29) is 16.8 Å². The minimum atomic E-state index is -3.67. The number of aryl methyl sites for hydroxylation is 3. The van der Waals surface area contributed by atoms with Crippen molar-refractivity contribution in [2.24, 2.45) is 0 Å². The van der Waals surface area contributed by atoms with E-state index in [0.29, 0.717) is 35.4 Å². The molecule has 2 aromatic carbocycles. The second kappa shape index (κ2) is 12.2. The van der Waals surface area contributed by atoms with Gasteiger partial charge in [-0.05, 0) is 81.6 Å². The molecule has 2 heterocycles. The number of aromatic nitrogens is 3. The monoisotopic (exact) mass is 613 g/mol. The summed E-state index contributed by atoms with van der Waals surface area (Å²) in [7, 11) is -3.67. The molecule has 0 radical (unpaired) electrons. The molecule has 0 N–H and O–H groups in total. The van der Waals surface area contributed by atoms with Gasteiger partial charge in [0.05, 0.1) is 27.4 Å². The lowest BCUT2D eigenvalue weighted by molar-refractivity contribution is 0.0985. The van der Waals surface area contributed by atoms with Crippen LogP contribution in [-0.2, 0) is 16.6 Å². The minimum Gasteiger partial charge on any atom is -0.282 e. The Labute approximate surface area is 251 Å². The van der Waals surface area contributed by atoms with E-state index >= 15 is 0 Å². The van der Waals surface area contributed by atoms with Crippen molar-refractivity contribution in [3.8, 4) is 0 Å². The van der Waals surface area contributed by atoms with Crippen LogP contribution < -0.4 is 4.90 Å². The molecule has 41 heavy (non-hydrogen) atoms. The summed E-state index contributed by atoms with van der Waals surface area (Å²) in [5, 5.41) is 5.74. The van der Waals surface area contributed by atoms with Crippen molar-refractivity contribution < 1.29 is 13.2 Å². The number of fused-ring (bicyclic) bond motifs is 1. The van der Waals surface area contributed by atoms with E-state index in [1.807, 2.05) is 50.6 Å². The summed E-state index contributed by atoms with van der Waals surface area (Å²) in [5.41, 5.74) is 3.95. The fraction of sp³-hybridized carbons (Fsp3) is 0.433. The molecule has 4 aromatic rings. The maximum Gasteiger partial charge on any atom is 0.260 e. The van der Waals surface area contributed by atoms with Gasteiger partial charge in [-0.25, -0.2) is 13.4 Å². The van der Waals surface area contributed by atoms with E-state index < -0.39 is 10.0 Å². The molecule has 1 fully saturated rings. The van der Waals surface area contributed by atoms with Crippen LogP contribution in [0.2, 0.25) is 5.02 Å². The van der Waals surface area contributed by atoms with Gasteiger partial charge in [-0.1, -0.05) is 49.1 Å². The van der Waals surface area contributed by atoms with E-state index in [1.165, 1.54) is 11.3 Å². The number of sulfonamides is 1. The minimum absolute atomic E-state index is 0.0286. The SMILES string of the molecule is CCN(C1CCCCC1)S(=O)(=O)c1ccc(C(=O)N(CCn2nc(C)cc2C)c2nc3c(C)c(Cl)ccc3s2)cc1. The molecule has 0 bridgehead atoms. The van der Waals surface area contributed by atoms with E-state index in [0.717, 1.165) is 59.3 Å². The number of hydrogen-bond acceptors (Lipinski definition) is 6. The number of thiazole rings is 1. The number of rotatable bonds is 9. The molecule has 1 amide bonds. The van der Waals surface area contributed by atoms with Crippen LogP contribution in [-0.4, -0.2) is 52.5 Å². The third-order valence-electron chi connectivity index (χ3n) is 7.85. The highest BCUT2D eigenvalue weighted by atomic mass is 35.5. The number of carbonyl (C=O) groups is 1. The number of hydrogen-bond donors (Lipinski definition) is 0. The molecule has 1 saturated carbocycles. The average molecular weight is 614 g/mol. The standard InChI is InChI=1S/C30H36ClN5O3S2/c1-5-36(24-9-7-6-8-10-24)41(38,39)25-13-11-23(12-14-25)29(37)34(17-18-35-21(3)19-20(2)33-35)30-32-28-22(4)26(31)15-16-27(28)40-30/h11-16,19,24H,5-10,17-18H2,1-4H3. The number of halogens is 1. The first-order chi connectivity index (χ1) is 19.6. The zero-order valence-electron chi connectivity index (χ0n) is 23.9. The molecule has 218 valence electrons. The Balaban J connectivity index is 1.45.